The molecule has 2 aromatic rings. The third-order valence-electron chi connectivity index (χ3n) is 3.02. The van der Waals surface area contributed by atoms with Crippen LogP contribution in [0.5, 0.6) is 0 Å². The summed E-state index contributed by atoms with van der Waals surface area (Å²) in [4.78, 5) is 22.9. The Morgan fingerprint density at radius 1 is 1.33 bits per heavy atom. The van der Waals surface area contributed by atoms with Gasteiger partial charge in [0.05, 0.1) is 18.4 Å². The van der Waals surface area contributed by atoms with Gasteiger partial charge in [-0.3, -0.25) is 9.89 Å². The number of rotatable bonds is 5. The van der Waals surface area contributed by atoms with Gasteiger partial charge in [0.25, 0.3) is 0 Å². The van der Waals surface area contributed by atoms with Crippen LogP contribution in [0.25, 0.3) is 0 Å². The van der Waals surface area contributed by atoms with Gasteiger partial charge in [0.15, 0.2) is 0 Å². The summed E-state index contributed by atoms with van der Waals surface area (Å²) in [5, 5.41) is 7.76. The summed E-state index contributed by atoms with van der Waals surface area (Å²) in [6, 6.07) is 6.05. The highest BCUT2D eigenvalue weighted by molar-refractivity contribution is 5.93. The van der Waals surface area contributed by atoms with E-state index in [4.69, 9.17) is 4.74 Å². The second kappa shape index (κ2) is 7.16. The zero-order chi connectivity index (χ0) is 17.7. The van der Waals surface area contributed by atoms with Crippen molar-refractivity contribution in [1.29, 1.82) is 0 Å². The Kier molecular flexibility index (Phi) is 5.22. The van der Waals surface area contributed by atoms with Crippen LogP contribution in [0.1, 0.15) is 28.5 Å². The molecule has 0 aliphatic heterocycles. The second-order valence-electron chi connectivity index (χ2n) is 4.92. The third-order valence-corrected chi connectivity index (χ3v) is 3.02. The van der Waals surface area contributed by atoms with E-state index in [9.17, 15) is 22.8 Å². The van der Waals surface area contributed by atoms with Gasteiger partial charge in [0, 0.05) is 24.6 Å². The molecule has 9 heteroatoms. The Morgan fingerprint density at radius 3 is 2.75 bits per heavy atom. The first kappa shape index (κ1) is 17.5. The van der Waals surface area contributed by atoms with Gasteiger partial charge in [-0.05, 0) is 18.2 Å². The largest absolute Gasteiger partial charge is 0.462 e. The van der Waals surface area contributed by atoms with Crippen LogP contribution in [-0.2, 0) is 22.1 Å². The number of aromatic nitrogens is 2. The monoisotopic (exact) mass is 341 g/mol. The molecule has 6 nitrogen and oxygen atoms in total. The van der Waals surface area contributed by atoms with E-state index in [2.05, 4.69) is 10.4 Å². The lowest BCUT2D eigenvalue weighted by molar-refractivity contribution is -0.141. The molecule has 1 aromatic carbocycles. The van der Waals surface area contributed by atoms with Crippen LogP contribution in [0.4, 0.5) is 18.9 Å². The van der Waals surface area contributed by atoms with Gasteiger partial charge >= 0.3 is 12.1 Å². The molecular formula is C15H14F3N3O3. The number of carbonyl (C=O) groups excluding carboxylic acids is 2. The number of esters is 1. The first-order chi connectivity index (χ1) is 11.3. The maximum atomic E-state index is 12.7. The number of ether oxygens (including phenoxy) is 1. The molecule has 0 aliphatic rings. The number of anilines is 1. The van der Waals surface area contributed by atoms with E-state index < -0.39 is 17.8 Å². The van der Waals surface area contributed by atoms with Crippen molar-refractivity contribution in [2.45, 2.75) is 19.5 Å². The maximum absolute atomic E-state index is 12.7. The van der Waals surface area contributed by atoms with Crippen molar-refractivity contribution in [3.05, 3.63) is 47.3 Å². The minimum absolute atomic E-state index is 0.0812. The average molecular weight is 341 g/mol. The van der Waals surface area contributed by atoms with Crippen LogP contribution in [-0.4, -0.2) is 28.7 Å². The Bertz CT molecular complexity index is 741. The second-order valence-corrected chi connectivity index (χ2v) is 4.92. The summed E-state index contributed by atoms with van der Waals surface area (Å²) in [6.45, 7) is 1.10. The van der Waals surface area contributed by atoms with Crippen molar-refractivity contribution >= 4 is 17.6 Å². The fraction of sp³-hybridized carbons (Fsp3) is 0.267. The Hall–Kier alpha value is -2.84. The lowest BCUT2D eigenvalue weighted by Gasteiger charge is -2.08. The van der Waals surface area contributed by atoms with Gasteiger partial charge in [-0.1, -0.05) is 6.07 Å². The van der Waals surface area contributed by atoms with Crippen molar-refractivity contribution < 1.29 is 27.5 Å². The molecule has 2 rings (SSSR count). The predicted octanol–water partition coefficient (Wildman–Crippen LogP) is 2.79. The summed E-state index contributed by atoms with van der Waals surface area (Å²) < 4.78 is 43.0. The molecule has 0 unspecified atom stereocenters. The SMILES string of the molecule is CC(=O)Nc1cccc(C(=O)OCCc2cn[nH]c2C(F)(F)F)c1. The normalized spacial score (nSPS) is 11.2. The molecule has 1 amide bonds. The number of carbonyl (C=O) groups is 2. The van der Waals surface area contributed by atoms with Crippen molar-refractivity contribution in [3.63, 3.8) is 0 Å². The molecule has 0 saturated carbocycles. The highest BCUT2D eigenvalue weighted by Crippen LogP contribution is 2.30. The van der Waals surface area contributed by atoms with Crippen LogP contribution in [0.15, 0.2) is 30.5 Å². The fourth-order valence-electron chi connectivity index (χ4n) is 2.01. The molecule has 1 heterocycles. The molecule has 128 valence electrons. The number of halogens is 3. The standard InChI is InChI=1S/C15H14F3N3O3/c1-9(22)20-12-4-2-3-10(7-12)14(23)24-6-5-11-8-19-21-13(11)15(16,17)18/h2-4,7-8H,5-6H2,1H3,(H,19,21)(H,20,22). The van der Waals surface area contributed by atoms with Crippen LogP contribution in [0.3, 0.4) is 0 Å². The van der Waals surface area contributed by atoms with Gasteiger partial charge in [-0.15, -0.1) is 0 Å². The molecule has 0 atom stereocenters. The van der Waals surface area contributed by atoms with Crippen LogP contribution >= 0.6 is 0 Å². The first-order valence-electron chi connectivity index (χ1n) is 6.91. The quantitative estimate of drug-likeness (QED) is 0.819. The maximum Gasteiger partial charge on any atom is 0.433 e. The van der Waals surface area contributed by atoms with E-state index in [1.54, 1.807) is 12.1 Å². The molecule has 24 heavy (non-hydrogen) atoms. The van der Waals surface area contributed by atoms with Gasteiger partial charge in [-0.25, -0.2) is 4.79 Å². The molecule has 2 N–H and O–H groups in total. The number of hydrogen-bond acceptors (Lipinski definition) is 4. The first-order valence-corrected chi connectivity index (χ1v) is 6.91. The fourth-order valence-corrected chi connectivity index (χ4v) is 2.01. The van der Waals surface area contributed by atoms with E-state index in [1.165, 1.54) is 19.1 Å². The zero-order valence-electron chi connectivity index (χ0n) is 12.6. The lowest BCUT2D eigenvalue weighted by atomic mass is 10.2. The average Bonchev–Trinajstić information content (AvgIpc) is 2.95. The van der Waals surface area contributed by atoms with Crippen molar-refractivity contribution in [2.75, 3.05) is 11.9 Å². The highest BCUT2D eigenvalue weighted by Gasteiger charge is 2.35. The summed E-state index contributed by atoms with van der Waals surface area (Å²) in [6.07, 6.45) is -3.61. The number of aromatic amines is 1. The molecule has 0 radical (unpaired) electrons. The molecule has 0 saturated heterocycles. The number of H-pyrrole nitrogens is 1. The highest BCUT2D eigenvalue weighted by atomic mass is 19.4. The van der Waals surface area contributed by atoms with Crippen LogP contribution < -0.4 is 5.32 Å². The van der Waals surface area contributed by atoms with E-state index in [0.717, 1.165) is 6.20 Å². The number of nitrogens with zero attached hydrogens (tertiary/aromatic N) is 1. The molecule has 0 spiro atoms. The van der Waals surface area contributed by atoms with E-state index in [0.29, 0.717) is 5.69 Å². The number of nitrogens with one attached hydrogen (secondary N) is 2. The molecule has 0 aliphatic carbocycles. The van der Waals surface area contributed by atoms with Gasteiger partial charge in [0.1, 0.15) is 5.69 Å². The van der Waals surface area contributed by atoms with Gasteiger partial charge in [-0.2, -0.15) is 18.3 Å². The minimum atomic E-state index is -4.54. The Balaban J connectivity index is 1.95. The summed E-state index contributed by atoms with van der Waals surface area (Å²) in [5.74, 6) is -0.987. The summed E-state index contributed by atoms with van der Waals surface area (Å²) in [5.41, 5.74) is -0.427. The number of amides is 1. The zero-order valence-corrected chi connectivity index (χ0v) is 12.6. The van der Waals surface area contributed by atoms with Crippen LogP contribution in [0, 0.1) is 0 Å². The van der Waals surface area contributed by atoms with Gasteiger partial charge < -0.3 is 10.1 Å². The van der Waals surface area contributed by atoms with Crippen molar-refractivity contribution in [1.82, 2.24) is 10.2 Å². The summed E-state index contributed by atoms with van der Waals surface area (Å²) >= 11 is 0. The predicted molar refractivity (Wildman–Crippen MR) is 78.3 cm³/mol. The molecule has 1 aromatic heterocycles. The van der Waals surface area contributed by atoms with E-state index in [-0.39, 0.29) is 30.1 Å². The van der Waals surface area contributed by atoms with Crippen LogP contribution in [0.2, 0.25) is 0 Å². The minimum Gasteiger partial charge on any atom is -0.462 e. The van der Waals surface area contributed by atoms with Gasteiger partial charge in [0.2, 0.25) is 5.91 Å². The Labute approximate surface area is 135 Å². The number of hydrogen-bond donors (Lipinski definition) is 2. The summed E-state index contributed by atoms with van der Waals surface area (Å²) in [7, 11) is 0. The smallest absolute Gasteiger partial charge is 0.433 e. The van der Waals surface area contributed by atoms with E-state index in [1.807, 2.05) is 5.10 Å². The lowest BCUT2D eigenvalue weighted by Crippen LogP contribution is -2.13. The number of benzene rings is 1. The molecule has 0 fully saturated rings. The topological polar surface area (TPSA) is 84.1 Å². The Morgan fingerprint density at radius 2 is 2.08 bits per heavy atom. The molecular weight excluding hydrogens is 327 g/mol. The van der Waals surface area contributed by atoms with Crippen molar-refractivity contribution in [3.8, 4) is 0 Å². The van der Waals surface area contributed by atoms with Crippen molar-refractivity contribution in [2.24, 2.45) is 0 Å². The van der Waals surface area contributed by atoms with E-state index >= 15 is 0 Å². The number of alkyl halides is 3. The third kappa shape index (κ3) is 4.58. The molecule has 0 bridgehead atoms.